The molecule has 5 heteroatoms. The van der Waals surface area contributed by atoms with Gasteiger partial charge in [0, 0.05) is 34.5 Å². The van der Waals surface area contributed by atoms with E-state index in [1.165, 1.54) is 12.8 Å². The molecule has 1 aliphatic rings. The number of aromatic nitrogens is 3. The van der Waals surface area contributed by atoms with E-state index in [-0.39, 0.29) is 0 Å². The molecule has 118 valence electrons. The number of halogens is 1. The van der Waals surface area contributed by atoms with E-state index in [4.69, 9.17) is 16.7 Å². The largest absolute Gasteiger partial charge is 0.369 e. The zero-order valence-electron chi connectivity index (χ0n) is 13.3. The van der Waals surface area contributed by atoms with Gasteiger partial charge in [-0.15, -0.1) is 0 Å². The second kappa shape index (κ2) is 5.53. The summed E-state index contributed by atoms with van der Waals surface area (Å²) < 4.78 is 1.92. The molecule has 4 rings (SSSR count). The van der Waals surface area contributed by atoms with Gasteiger partial charge >= 0.3 is 0 Å². The van der Waals surface area contributed by atoms with Gasteiger partial charge in [0.15, 0.2) is 5.65 Å². The highest BCUT2D eigenvalue weighted by Crippen LogP contribution is 2.30. The standard InChI is InChI=1S/C18H19ClN4/c1-11-12(2)21-17-9-16(14-4-3-5-15(19)8-14)22-23(17)18(11)20-10-13-6-7-13/h3-5,8-9,13,20H,6-7,10H2,1-2H3. The second-order valence-electron chi connectivity index (χ2n) is 6.31. The first-order valence-electron chi connectivity index (χ1n) is 7.98. The van der Waals surface area contributed by atoms with Crippen molar-refractivity contribution in [1.29, 1.82) is 0 Å². The van der Waals surface area contributed by atoms with Gasteiger partial charge in [-0.3, -0.25) is 0 Å². The highest BCUT2D eigenvalue weighted by atomic mass is 35.5. The van der Waals surface area contributed by atoms with E-state index < -0.39 is 0 Å². The van der Waals surface area contributed by atoms with E-state index in [1.54, 1.807) is 0 Å². The minimum atomic E-state index is 0.715. The van der Waals surface area contributed by atoms with E-state index in [0.29, 0.717) is 5.02 Å². The van der Waals surface area contributed by atoms with Gasteiger partial charge in [-0.25, -0.2) is 4.98 Å². The van der Waals surface area contributed by atoms with Gasteiger partial charge in [0.25, 0.3) is 0 Å². The van der Waals surface area contributed by atoms with Crippen LogP contribution in [-0.2, 0) is 0 Å². The Labute approximate surface area is 140 Å². The molecule has 0 atom stereocenters. The summed E-state index contributed by atoms with van der Waals surface area (Å²) in [6.45, 7) is 5.15. The Bertz CT molecular complexity index is 880. The summed E-state index contributed by atoms with van der Waals surface area (Å²) in [5.41, 5.74) is 4.94. The molecule has 0 radical (unpaired) electrons. The number of fused-ring (bicyclic) bond motifs is 1. The van der Waals surface area contributed by atoms with E-state index in [0.717, 1.165) is 46.4 Å². The molecule has 0 saturated heterocycles. The van der Waals surface area contributed by atoms with Gasteiger partial charge < -0.3 is 5.32 Å². The zero-order chi connectivity index (χ0) is 16.0. The summed E-state index contributed by atoms with van der Waals surface area (Å²) >= 11 is 6.10. The molecule has 2 aromatic heterocycles. The van der Waals surface area contributed by atoms with Crippen molar-refractivity contribution in [2.75, 3.05) is 11.9 Å². The maximum absolute atomic E-state index is 6.10. The molecule has 2 heterocycles. The fourth-order valence-corrected chi connectivity index (χ4v) is 2.95. The normalized spacial score (nSPS) is 14.4. The first-order chi connectivity index (χ1) is 11.1. The molecule has 3 aromatic rings. The lowest BCUT2D eigenvalue weighted by Gasteiger charge is -2.12. The summed E-state index contributed by atoms with van der Waals surface area (Å²) in [4.78, 5) is 4.67. The third-order valence-electron chi connectivity index (χ3n) is 4.46. The van der Waals surface area contributed by atoms with Crippen LogP contribution in [0.5, 0.6) is 0 Å². The van der Waals surface area contributed by atoms with Crippen LogP contribution in [0.3, 0.4) is 0 Å². The van der Waals surface area contributed by atoms with Gasteiger partial charge in [-0.2, -0.15) is 9.61 Å². The van der Waals surface area contributed by atoms with Crippen LogP contribution in [-0.4, -0.2) is 21.1 Å². The van der Waals surface area contributed by atoms with Crippen molar-refractivity contribution in [3.63, 3.8) is 0 Å². The molecule has 0 aliphatic heterocycles. The Kier molecular flexibility index (Phi) is 3.49. The fourth-order valence-electron chi connectivity index (χ4n) is 2.76. The maximum atomic E-state index is 6.10. The summed E-state index contributed by atoms with van der Waals surface area (Å²) in [6, 6.07) is 9.78. The van der Waals surface area contributed by atoms with E-state index in [9.17, 15) is 0 Å². The number of aryl methyl sites for hydroxylation is 1. The van der Waals surface area contributed by atoms with Crippen molar-refractivity contribution in [3.8, 4) is 11.3 Å². The van der Waals surface area contributed by atoms with Crippen molar-refractivity contribution < 1.29 is 0 Å². The Morgan fingerprint density at radius 3 is 2.83 bits per heavy atom. The van der Waals surface area contributed by atoms with Crippen molar-refractivity contribution in [2.45, 2.75) is 26.7 Å². The molecule has 0 unspecified atom stereocenters. The number of nitrogens with one attached hydrogen (secondary N) is 1. The van der Waals surface area contributed by atoms with Crippen molar-refractivity contribution in [2.24, 2.45) is 5.92 Å². The second-order valence-corrected chi connectivity index (χ2v) is 6.74. The summed E-state index contributed by atoms with van der Waals surface area (Å²) in [6.07, 6.45) is 2.65. The lowest BCUT2D eigenvalue weighted by Crippen LogP contribution is -2.11. The quantitative estimate of drug-likeness (QED) is 0.768. The third-order valence-corrected chi connectivity index (χ3v) is 4.69. The van der Waals surface area contributed by atoms with Gasteiger partial charge in [0.2, 0.25) is 0 Å². The molecular formula is C18H19ClN4. The Morgan fingerprint density at radius 1 is 1.26 bits per heavy atom. The lowest BCUT2D eigenvalue weighted by molar-refractivity contribution is 0.849. The van der Waals surface area contributed by atoms with Gasteiger partial charge in [-0.05, 0) is 44.7 Å². The van der Waals surface area contributed by atoms with Crippen LogP contribution in [0.15, 0.2) is 30.3 Å². The summed E-state index contributed by atoms with van der Waals surface area (Å²) in [5, 5.41) is 9.04. The maximum Gasteiger partial charge on any atom is 0.158 e. The number of anilines is 1. The van der Waals surface area contributed by atoms with Crippen LogP contribution >= 0.6 is 11.6 Å². The molecule has 0 amide bonds. The molecule has 0 bridgehead atoms. The van der Waals surface area contributed by atoms with Crippen LogP contribution < -0.4 is 5.32 Å². The number of rotatable bonds is 4. The average molecular weight is 327 g/mol. The molecule has 1 aliphatic carbocycles. The lowest BCUT2D eigenvalue weighted by atomic mass is 10.1. The van der Waals surface area contributed by atoms with Crippen LogP contribution in [0.1, 0.15) is 24.1 Å². The van der Waals surface area contributed by atoms with Crippen molar-refractivity contribution in [3.05, 3.63) is 46.6 Å². The number of benzene rings is 1. The van der Waals surface area contributed by atoms with Gasteiger partial charge in [-0.1, -0.05) is 23.7 Å². The summed E-state index contributed by atoms with van der Waals surface area (Å²) in [5.74, 6) is 1.86. The van der Waals surface area contributed by atoms with E-state index >= 15 is 0 Å². The molecule has 4 nitrogen and oxygen atoms in total. The molecule has 1 fully saturated rings. The number of hydrogen-bond acceptors (Lipinski definition) is 3. The minimum absolute atomic E-state index is 0.715. The Hall–Kier alpha value is -2.07. The predicted molar refractivity (Wildman–Crippen MR) is 94.1 cm³/mol. The van der Waals surface area contributed by atoms with Crippen LogP contribution in [0, 0.1) is 19.8 Å². The van der Waals surface area contributed by atoms with Crippen molar-refractivity contribution in [1.82, 2.24) is 14.6 Å². The third kappa shape index (κ3) is 2.79. The first kappa shape index (κ1) is 14.5. The van der Waals surface area contributed by atoms with Crippen LogP contribution in [0.25, 0.3) is 16.9 Å². The highest BCUT2D eigenvalue weighted by molar-refractivity contribution is 6.30. The Balaban J connectivity index is 1.81. The number of hydrogen-bond donors (Lipinski definition) is 1. The SMILES string of the molecule is Cc1nc2cc(-c3cccc(Cl)c3)nn2c(NCC2CC2)c1C. The molecular weight excluding hydrogens is 308 g/mol. The molecule has 1 aromatic carbocycles. The van der Waals surface area contributed by atoms with Gasteiger partial charge in [0.1, 0.15) is 5.82 Å². The van der Waals surface area contributed by atoms with E-state index in [1.807, 2.05) is 41.8 Å². The molecule has 0 spiro atoms. The summed E-state index contributed by atoms with van der Waals surface area (Å²) in [7, 11) is 0. The van der Waals surface area contributed by atoms with E-state index in [2.05, 4.69) is 17.2 Å². The predicted octanol–water partition coefficient (Wildman–Crippen LogP) is 4.49. The molecule has 1 saturated carbocycles. The fraction of sp³-hybridized carbons (Fsp3) is 0.333. The number of nitrogens with zero attached hydrogens (tertiary/aromatic N) is 3. The first-order valence-corrected chi connectivity index (χ1v) is 8.36. The zero-order valence-corrected chi connectivity index (χ0v) is 14.1. The van der Waals surface area contributed by atoms with Crippen LogP contribution in [0.2, 0.25) is 5.02 Å². The monoisotopic (exact) mass is 326 g/mol. The van der Waals surface area contributed by atoms with Crippen LogP contribution in [0.4, 0.5) is 5.82 Å². The molecule has 23 heavy (non-hydrogen) atoms. The Morgan fingerprint density at radius 2 is 2.09 bits per heavy atom. The highest BCUT2D eigenvalue weighted by Gasteiger charge is 2.22. The van der Waals surface area contributed by atoms with Gasteiger partial charge in [0.05, 0.1) is 5.69 Å². The van der Waals surface area contributed by atoms with Crippen molar-refractivity contribution >= 4 is 23.1 Å². The molecule has 1 N–H and O–H groups in total. The average Bonchev–Trinajstić information content (AvgIpc) is 3.26. The topological polar surface area (TPSA) is 42.2 Å². The smallest absolute Gasteiger partial charge is 0.158 e. The minimum Gasteiger partial charge on any atom is -0.369 e.